The van der Waals surface area contributed by atoms with Gasteiger partial charge in [-0.15, -0.1) is 0 Å². The first-order valence-corrected chi connectivity index (χ1v) is 10.5. The van der Waals surface area contributed by atoms with Crippen LogP contribution in [0.4, 0.5) is 18.9 Å². The Hall–Kier alpha value is -3.81. The maximum absolute atomic E-state index is 12.7. The maximum Gasteiger partial charge on any atom is 0.416 e. The second kappa shape index (κ2) is 8.27. The number of aromatic amines is 1. The summed E-state index contributed by atoms with van der Waals surface area (Å²) < 4.78 is 44.3. The number of nitrogens with one attached hydrogen (secondary N) is 2. The van der Waals surface area contributed by atoms with Crippen LogP contribution < -0.4 is 10.1 Å². The fourth-order valence-corrected chi connectivity index (χ4v) is 4.03. The predicted molar refractivity (Wildman–Crippen MR) is 118 cm³/mol. The molecule has 0 atom stereocenters. The van der Waals surface area contributed by atoms with E-state index in [1.807, 2.05) is 18.2 Å². The quantitative estimate of drug-likeness (QED) is 0.382. The van der Waals surface area contributed by atoms with E-state index in [9.17, 15) is 18.0 Å². The summed E-state index contributed by atoms with van der Waals surface area (Å²) in [6, 6.07) is 16.1. The van der Waals surface area contributed by atoms with Crippen molar-refractivity contribution in [2.45, 2.75) is 31.0 Å². The van der Waals surface area contributed by atoms with Gasteiger partial charge < -0.3 is 15.0 Å². The number of alkyl halides is 3. The fraction of sp³-hybridized carbons (Fsp3) is 0.200. The molecule has 1 saturated carbocycles. The molecule has 168 valence electrons. The van der Waals surface area contributed by atoms with Crippen LogP contribution in [-0.2, 0) is 6.18 Å². The highest BCUT2D eigenvalue weighted by Crippen LogP contribution is 2.41. The molecular formula is C25H20F3N3O2. The third-order valence-corrected chi connectivity index (χ3v) is 5.91. The number of benzene rings is 2. The summed E-state index contributed by atoms with van der Waals surface area (Å²) in [7, 11) is 0. The van der Waals surface area contributed by atoms with Gasteiger partial charge in [0.2, 0.25) is 0 Å². The fourth-order valence-electron chi connectivity index (χ4n) is 4.03. The maximum atomic E-state index is 12.7. The number of rotatable bonds is 5. The second-order valence-electron chi connectivity index (χ2n) is 8.11. The first-order chi connectivity index (χ1) is 15.9. The Labute approximate surface area is 187 Å². The van der Waals surface area contributed by atoms with Crippen LogP contribution in [0.15, 0.2) is 73.1 Å². The van der Waals surface area contributed by atoms with Gasteiger partial charge in [-0.1, -0.05) is 18.2 Å². The lowest BCUT2D eigenvalue weighted by atomic mass is 9.77. The van der Waals surface area contributed by atoms with Crippen LogP contribution >= 0.6 is 0 Å². The van der Waals surface area contributed by atoms with E-state index >= 15 is 0 Å². The van der Waals surface area contributed by atoms with Gasteiger partial charge >= 0.3 is 6.18 Å². The molecule has 8 heteroatoms. The zero-order valence-electron chi connectivity index (χ0n) is 17.4. The number of ether oxygens (including phenoxy) is 1. The zero-order valence-corrected chi connectivity index (χ0v) is 17.4. The Kier molecular flexibility index (Phi) is 5.28. The van der Waals surface area contributed by atoms with E-state index in [4.69, 9.17) is 4.74 Å². The summed E-state index contributed by atoms with van der Waals surface area (Å²) in [5.74, 6) is 0.550. The monoisotopic (exact) mass is 451 g/mol. The molecule has 1 amide bonds. The Morgan fingerprint density at radius 2 is 1.85 bits per heavy atom. The number of carbonyl (C=O) groups is 1. The molecule has 2 N–H and O–H groups in total. The summed E-state index contributed by atoms with van der Waals surface area (Å²) in [6.45, 7) is 0. The molecule has 5 rings (SSSR count). The molecule has 0 bridgehead atoms. The predicted octanol–water partition coefficient (Wildman–Crippen LogP) is 6.16. The summed E-state index contributed by atoms with van der Waals surface area (Å²) in [4.78, 5) is 19.6. The van der Waals surface area contributed by atoms with Gasteiger partial charge in [-0.25, -0.2) is 0 Å². The second-order valence-corrected chi connectivity index (χ2v) is 8.11. The highest BCUT2D eigenvalue weighted by Gasteiger charge is 2.34. The highest BCUT2D eigenvalue weighted by atomic mass is 19.4. The number of anilines is 1. The van der Waals surface area contributed by atoms with Gasteiger partial charge in [0, 0.05) is 23.3 Å². The minimum Gasteiger partial charge on any atom is -0.490 e. The van der Waals surface area contributed by atoms with Crippen LogP contribution in [0.5, 0.6) is 5.75 Å². The van der Waals surface area contributed by atoms with Gasteiger partial charge in [0.15, 0.2) is 0 Å². The number of hydrogen-bond donors (Lipinski definition) is 2. The number of amides is 1. The van der Waals surface area contributed by atoms with E-state index in [2.05, 4.69) is 15.3 Å². The third kappa shape index (κ3) is 4.41. The average Bonchev–Trinajstić information content (AvgIpc) is 3.18. The molecule has 0 spiro atoms. The van der Waals surface area contributed by atoms with E-state index in [1.54, 1.807) is 42.7 Å². The minimum absolute atomic E-state index is 0.0137. The SMILES string of the molecule is O=C(Nc1c[nH]c2ccc(O[C@H]3C[C@H](c4ccc(C(F)(F)F)cc4)C3)cc12)c1ccccn1. The largest absolute Gasteiger partial charge is 0.490 e. The lowest BCUT2D eigenvalue weighted by molar-refractivity contribution is -0.137. The van der Waals surface area contributed by atoms with Crippen LogP contribution in [0, 0.1) is 0 Å². The van der Waals surface area contributed by atoms with Crippen molar-refractivity contribution < 1.29 is 22.7 Å². The number of pyridine rings is 1. The van der Waals surface area contributed by atoms with Gasteiger partial charge in [0.05, 0.1) is 17.4 Å². The van der Waals surface area contributed by atoms with E-state index in [1.165, 1.54) is 0 Å². The molecule has 1 aliphatic rings. The Bertz CT molecular complexity index is 1280. The molecule has 0 saturated heterocycles. The lowest BCUT2D eigenvalue weighted by Gasteiger charge is -2.35. The van der Waals surface area contributed by atoms with Crippen molar-refractivity contribution in [3.63, 3.8) is 0 Å². The van der Waals surface area contributed by atoms with E-state index in [0.717, 1.165) is 41.4 Å². The van der Waals surface area contributed by atoms with E-state index < -0.39 is 11.7 Å². The van der Waals surface area contributed by atoms with Gasteiger partial charge in [0.1, 0.15) is 11.4 Å². The molecule has 1 fully saturated rings. The molecule has 2 aromatic carbocycles. The number of carbonyl (C=O) groups excluding carboxylic acids is 1. The van der Waals surface area contributed by atoms with Crippen LogP contribution in [0.1, 0.15) is 40.4 Å². The zero-order chi connectivity index (χ0) is 23.0. The average molecular weight is 451 g/mol. The van der Waals surface area contributed by atoms with Crippen molar-refractivity contribution in [3.8, 4) is 5.75 Å². The highest BCUT2D eigenvalue weighted by molar-refractivity contribution is 6.08. The molecule has 0 aliphatic heterocycles. The van der Waals surface area contributed by atoms with Gasteiger partial charge in [-0.3, -0.25) is 9.78 Å². The lowest BCUT2D eigenvalue weighted by Crippen LogP contribution is -2.32. The standard InChI is InChI=1S/C25H20F3N3O2/c26-25(27,28)17-6-4-15(5-7-17)16-11-19(12-16)33-18-8-9-21-20(13-18)23(14-30-21)31-24(32)22-3-1-2-10-29-22/h1-10,13-14,16,19,30H,11-12H2,(H,31,32)/t16-,19-. The van der Waals surface area contributed by atoms with Gasteiger partial charge in [0.25, 0.3) is 5.91 Å². The first-order valence-electron chi connectivity index (χ1n) is 10.5. The topological polar surface area (TPSA) is 67.0 Å². The summed E-state index contributed by atoms with van der Waals surface area (Å²) in [5.41, 5.74) is 2.06. The number of hydrogen-bond acceptors (Lipinski definition) is 3. The number of nitrogens with zero attached hydrogens (tertiary/aromatic N) is 1. The minimum atomic E-state index is -4.32. The molecule has 0 unspecified atom stereocenters. The third-order valence-electron chi connectivity index (χ3n) is 5.91. The van der Waals surface area contributed by atoms with Crippen LogP contribution in [0.2, 0.25) is 0 Å². The van der Waals surface area contributed by atoms with E-state index in [-0.39, 0.29) is 17.9 Å². The van der Waals surface area contributed by atoms with Crippen LogP contribution in [0.25, 0.3) is 10.9 Å². The molecule has 0 radical (unpaired) electrons. The Morgan fingerprint density at radius 1 is 1.06 bits per heavy atom. The van der Waals surface area contributed by atoms with Crippen molar-refractivity contribution >= 4 is 22.5 Å². The number of H-pyrrole nitrogens is 1. The smallest absolute Gasteiger partial charge is 0.416 e. The number of aromatic nitrogens is 2. The first kappa shape index (κ1) is 21.1. The summed E-state index contributed by atoms with van der Waals surface area (Å²) >= 11 is 0. The van der Waals surface area contributed by atoms with E-state index in [0.29, 0.717) is 17.1 Å². The van der Waals surface area contributed by atoms with Crippen molar-refractivity contribution in [3.05, 3.63) is 89.9 Å². The molecule has 2 heterocycles. The summed E-state index contributed by atoms with van der Waals surface area (Å²) in [5, 5.41) is 3.68. The van der Waals surface area contributed by atoms with Crippen LogP contribution in [0.3, 0.4) is 0 Å². The molecular weight excluding hydrogens is 431 g/mol. The molecule has 5 nitrogen and oxygen atoms in total. The number of fused-ring (bicyclic) bond motifs is 1. The number of halogens is 3. The Balaban J connectivity index is 1.23. The Morgan fingerprint density at radius 3 is 2.55 bits per heavy atom. The molecule has 1 aliphatic carbocycles. The van der Waals surface area contributed by atoms with Crippen molar-refractivity contribution in [1.82, 2.24) is 9.97 Å². The molecule has 33 heavy (non-hydrogen) atoms. The van der Waals surface area contributed by atoms with Crippen molar-refractivity contribution in [2.75, 3.05) is 5.32 Å². The van der Waals surface area contributed by atoms with Crippen molar-refractivity contribution in [2.24, 2.45) is 0 Å². The molecule has 4 aromatic rings. The van der Waals surface area contributed by atoms with Gasteiger partial charge in [-0.2, -0.15) is 13.2 Å². The van der Waals surface area contributed by atoms with Crippen molar-refractivity contribution in [1.29, 1.82) is 0 Å². The molecule has 2 aromatic heterocycles. The van der Waals surface area contributed by atoms with Gasteiger partial charge in [-0.05, 0) is 66.8 Å². The van der Waals surface area contributed by atoms with Crippen LogP contribution in [-0.4, -0.2) is 22.0 Å². The summed E-state index contributed by atoms with van der Waals surface area (Å²) in [6.07, 6.45) is 0.419. The normalized spacial score (nSPS) is 18.0.